The molecule has 25 heavy (non-hydrogen) atoms. The van der Waals surface area contributed by atoms with Gasteiger partial charge in [-0.2, -0.15) is 5.26 Å². The predicted molar refractivity (Wildman–Crippen MR) is 89.4 cm³/mol. The largest absolute Gasteiger partial charge is 0.449 e. The molecule has 0 radical (unpaired) electrons. The lowest BCUT2D eigenvalue weighted by Gasteiger charge is -2.28. The molecule has 9 heteroatoms. The van der Waals surface area contributed by atoms with Crippen molar-refractivity contribution in [3.63, 3.8) is 0 Å². The van der Waals surface area contributed by atoms with E-state index in [2.05, 4.69) is 5.32 Å². The highest BCUT2D eigenvalue weighted by atomic mass is 16.6. The number of nitrogens with two attached hydrogens (primary N) is 1. The number of ether oxygens (including phenoxy) is 1. The molecule has 0 bridgehead atoms. The summed E-state index contributed by atoms with van der Waals surface area (Å²) in [4.78, 5) is 34.4. The molecule has 1 aromatic carbocycles. The summed E-state index contributed by atoms with van der Waals surface area (Å²) in [7, 11) is 0. The minimum atomic E-state index is -1.18. The molecule has 0 aliphatic rings. The van der Waals surface area contributed by atoms with Crippen LogP contribution in [-0.2, 0) is 9.53 Å². The topological polar surface area (TPSA) is 148 Å². The Morgan fingerprint density at radius 3 is 2.48 bits per heavy atom. The first-order chi connectivity index (χ1) is 11.5. The van der Waals surface area contributed by atoms with E-state index >= 15 is 0 Å². The normalized spacial score (nSPS) is 14.1. The fourth-order valence-corrected chi connectivity index (χ4v) is 1.77. The minimum Gasteiger partial charge on any atom is -0.449 e. The third kappa shape index (κ3) is 4.67. The van der Waals surface area contributed by atoms with Crippen molar-refractivity contribution in [3.8, 4) is 6.07 Å². The number of carbonyl (C=O) groups excluding carboxylic acids is 2. The van der Waals surface area contributed by atoms with Crippen molar-refractivity contribution in [2.45, 2.75) is 39.3 Å². The number of hydrogen-bond donors (Lipinski definition) is 2. The van der Waals surface area contributed by atoms with Gasteiger partial charge in [0.25, 0.3) is 11.6 Å². The average molecular weight is 348 g/mol. The highest BCUT2D eigenvalue weighted by molar-refractivity contribution is 5.93. The number of nitro groups is 1. The van der Waals surface area contributed by atoms with Gasteiger partial charge in [-0.25, -0.2) is 4.79 Å². The van der Waals surface area contributed by atoms with Crippen LogP contribution >= 0.6 is 0 Å². The van der Waals surface area contributed by atoms with Crippen LogP contribution in [-0.4, -0.2) is 28.4 Å². The van der Waals surface area contributed by atoms with Crippen molar-refractivity contribution in [1.82, 2.24) is 5.32 Å². The third-order valence-corrected chi connectivity index (χ3v) is 3.89. The Hall–Kier alpha value is -3.15. The molecule has 0 unspecified atom stereocenters. The maximum absolute atomic E-state index is 12.2. The van der Waals surface area contributed by atoms with E-state index in [0.29, 0.717) is 0 Å². The van der Waals surface area contributed by atoms with E-state index < -0.39 is 34.1 Å². The lowest BCUT2D eigenvalue weighted by molar-refractivity contribution is -0.383. The molecule has 0 saturated heterocycles. The Balaban J connectivity index is 2.87. The minimum absolute atomic E-state index is 0.0888. The van der Waals surface area contributed by atoms with Gasteiger partial charge in [0.2, 0.25) is 0 Å². The monoisotopic (exact) mass is 348 g/mol. The van der Waals surface area contributed by atoms with E-state index in [-0.39, 0.29) is 17.2 Å². The summed E-state index contributed by atoms with van der Waals surface area (Å²) in [6.07, 6.45) is -1.18. The van der Waals surface area contributed by atoms with Gasteiger partial charge in [-0.15, -0.1) is 0 Å². The second-order valence-corrected chi connectivity index (χ2v) is 6.04. The molecule has 1 aromatic rings. The molecule has 2 atom stereocenters. The van der Waals surface area contributed by atoms with Gasteiger partial charge in [-0.05, 0) is 31.9 Å². The standard InChI is InChI=1S/C16H20N4O5/c1-9(2)16(4,8-17)19-14(21)10(3)25-15(22)11-5-6-12(18)13(7-11)20(23)24/h5-7,9-10H,18H2,1-4H3,(H,19,21)/t10-,16-/m0/s1. The number of nitrogens with zero attached hydrogens (tertiary/aromatic N) is 2. The lowest BCUT2D eigenvalue weighted by atomic mass is 9.90. The zero-order chi connectivity index (χ0) is 19.4. The molecule has 3 N–H and O–H groups in total. The first kappa shape index (κ1) is 19.9. The van der Waals surface area contributed by atoms with Gasteiger partial charge >= 0.3 is 5.97 Å². The van der Waals surface area contributed by atoms with Crippen molar-refractivity contribution < 1.29 is 19.2 Å². The first-order valence-corrected chi connectivity index (χ1v) is 7.50. The van der Waals surface area contributed by atoms with Crippen LogP contribution < -0.4 is 11.1 Å². The van der Waals surface area contributed by atoms with Crippen molar-refractivity contribution in [2.75, 3.05) is 5.73 Å². The van der Waals surface area contributed by atoms with Crippen LogP contribution in [0.5, 0.6) is 0 Å². The fourth-order valence-electron chi connectivity index (χ4n) is 1.77. The zero-order valence-electron chi connectivity index (χ0n) is 14.4. The number of amides is 1. The summed E-state index contributed by atoms with van der Waals surface area (Å²) in [6, 6.07) is 5.48. The number of nitrogen functional groups attached to an aromatic ring is 1. The number of nitriles is 1. The van der Waals surface area contributed by atoms with E-state index in [1.165, 1.54) is 19.1 Å². The van der Waals surface area contributed by atoms with Crippen LogP contribution in [0.1, 0.15) is 38.1 Å². The number of benzene rings is 1. The number of anilines is 1. The van der Waals surface area contributed by atoms with E-state index in [1.807, 2.05) is 6.07 Å². The molecule has 0 spiro atoms. The van der Waals surface area contributed by atoms with Crippen molar-refractivity contribution in [1.29, 1.82) is 5.26 Å². The summed E-state index contributed by atoms with van der Waals surface area (Å²) in [5.74, 6) is -1.71. The summed E-state index contributed by atoms with van der Waals surface area (Å²) < 4.78 is 5.02. The molecule has 0 aliphatic carbocycles. The maximum Gasteiger partial charge on any atom is 0.339 e. The lowest BCUT2D eigenvalue weighted by Crippen LogP contribution is -2.52. The number of esters is 1. The van der Waals surface area contributed by atoms with Crippen molar-refractivity contribution in [2.24, 2.45) is 5.92 Å². The summed E-state index contributed by atoms with van der Waals surface area (Å²) in [6.45, 7) is 6.45. The van der Waals surface area contributed by atoms with E-state index in [9.17, 15) is 25.0 Å². The molecule has 0 aromatic heterocycles. The van der Waals surface area contributed by atoms with Crippen LogP contribution in [0.2, 0.25) is 0 Å². The van der Waals surface area contributed by atoms with Crippen LogP contribution in [0.25, 0.3) is 0 Å². The van der Waals surface area contributed by atoms with Crippen LogP contribution in [0.4, 0.5) is 11.4 Å². The number of carbonyl (C=O) groups is 2. The van der Waals surface area contributed by atoms with Crippen LogP contribution in [0.15, 0.2) is 18.2 Å². The smallest absolute Gasteiger partial charge is 0.339 e. The number of hydrogen-bond acceptors (Lipinski definition) is 7. The quantitative estimate of drug-likeness (QED) is 0.344. The van der Waals surface area contributed by atoms with Gasteiger partial charge in [0.05, 0.1) is 16.6 Å². The zero-order valence-corrected chi connectivity index (χ0v) is 14.4. The van der Waals surface area contributed by atoms with Crippen molar-refractivity contribution >= 4 is 23.3 Å². The maximum atomic E-state index is 12.2. The van der Waals surface area contributed by atoms with Crippen molar-refractivity contribution in [3.05, 3.63) is 33.9 Å². The van der Waals surface area contributed by atoms with Gasteiger partial charge in [-0.3, -0.25) is 14.9 Å². The number of nitro benzene ring substituents is 1. The summed E-state index contributed by atoms with van der Waals surface area (Å²) >= 11 is 0. The van der Waals surface area contributed by atoms with Gasteiger partial charge in [0, 0.05) is 6.07 Å². The molecule has 1 rings (SSSR count). The van der Waals surface area contributed by atoms with E-state index in [4.69, 9.17) is 10.5 Å². The molecule has 0 fully saturated rings. The van der Waals surface area contributed by atoms with E-state index in [1.54, 1.807) is 20.8 Å². The average Bonchev–Trinajstić information content (AvgIpc) is 2.54. The Morgan fingerprint density at radius 1 is 1.40 bits per heavy atom. The van der Waals surface area contributed by atoms with Crippen LogP contribution in [0.3, 0.4) is 0 Å². The number of nitrogens with one attached hydrogen (secondary N) is 1. The first-order valence-electron chi connectivity index (χ1n) is 7.50. The SMILES string of the molecule is CC(C)[C@](C)(C#N)NC(=O)[C@H](C)OC(=O)c1ccc(N)c([N+](=O)[O-])c1. The summed E-state index contributed by atoms with van der Waals surface area (Å²) in [5.41, 5.74) is 3.73. The van der Waals surface area contributed by atoms with Gasteiger partial charge in [0.1, 0.15) is 11.2 Å². The highest BCUT2D eigenvalue weighted by Crippen LogP contribution is 2.23. The Morgan fingerprint density at radius 2 is 2.00 bits per heavy atom. The van der Waals surface area contributed by atoms with Gasteiger partial charge in [-0.1, -0.05) is 13.8 Å². The van der Waals surface area contributed by atoms with Gasteiger partial charge < -0.3 is 15.8 Å². The summed E-state index contributed by atoms with van der Waals surface area (Å²) in [5, 5.41) is 22.6. The molecule has 1 amide bonds. The number of rotatable bonds is 6. The second-order valence-electron chi connectivity index (χ2n) is 6.04. The van der Waals surface area contributed by atoms with Gasteiger partial charge in [0.15, 0.2) is 6.10 Å². The molecule has 0 saturated carbocycles. The molecule has 134 valence electrons. The molecule has 0 aliphatic heterocycles. The fraction of sp³-hybridized carbons (Fsp3) is 0.438. The third-order valence-electron chi connectivity index (χ3n) is 3.89. The second kappa shape index (κ2) is 7.61. The highest BCUT2D eigenvalue weighted by Gasteiger charge is 2.32. The molecule has 0 heterocycles. The Labute approximate surface area is 144 Å². The Kier molecular flexibility index (Phi) is 6.06. The van der Waals surface area contributed by atoms with Crippen LogP contribution in [0, 0.1) is 27.4 Å². The Bertz CT molecular complexity index is 741. The molecule has 9 nitrogen and oxygen atoms in total. The molecular formula is C16H20N4O5. The molecular weight excluding hydrogens is 328 g/mol. The van der Waals surface area contributed by atoms with E-state index in [0.717, 1.165) is 6.07 Å². The predicted octanol–water partition coefficient (Wildman–Crippen LogP) is 1.78.